The molecule has 1 aromatic carbocycles. The van der Waals surface area contributed by atoms with Gasteiger partial charge in [-0.05, 0) is 29.8 Å². The van der Waals surface area contributed by atoms with Crippen LogP contribution in [0.25, 0.3) is 5.65 Å². The third kappa shape index (κ3) is 3.38. The van der Waals surface area contributed by atoms with Crippen molar-refractivity contribution in [2.45, 2.75) is 12.8 Å². The highest BCUT2D eigenvalue weighted by molar-refractivity contribution is 9.10. The molecular weight excluding hydrogens is 363 g/mol. The zero-order chi connectivity index (χ0) is 15.7. The zero-order valence-electron chi connectivity index (χ0n) is 11.0. The van der Waals surface area contributed by atoms with E-state index >= 15 is 0 Å². The number of aromatic nitrogens is 3. The summed E-state index contributed by atoms with van der Waals surface area (Å²) in [5.41, 5.74) is 2.40. The van der Waals surface area contributed by atoms with Gasteiger partial charge in [0, 0.05) is 16.6 Å². The summed E-state index contributed by atoms with van der Waals surface area (Å²) in [6.07, 6.45) is -2.73. The van der Waals surface area contributed by atoms with Crippen molar-refractivity contribution in [3.8, 4) is 5.75 Å². The van der Waals surface area contributed by atoms with E-state index < -0.39 is 6.36 Å². The van der Waals surface area contributed by atoms with E-state index in [1.807, 2.05) is 12.1 Å². The van der Waals surface area contributed by atoms with E-state index in [2.05, 4.69) is 30.7 Å². The highest BCUT2D eigenvalue weighted by Crippen LogP contribution is 2.24. The normalized spacial score (nSPS) is 11.8. The number of hydrogen-bond acceptors (Lipinski definition) is 3. The highest BCUT2D eigenvalue weighted by atomic mass is 79.9. The summed E-state index contributed by atoms with van der Waals surface area (Å²) in [6, 6.07) is 9.48. The van der Waals surface area contributed by atoms with Crippen LogP contribution in [0.5, 0.6) is 5.75 Å². The lowest BCUT2D eigenvalue weighted by Gasteiger charge is -2.10. The van der Waals surface area contributed by atoms with Crippen LogP contribution in [0.15, 0.2) is 47.2 Å². The molecule has 0 amide bonds. The smallest absolute Gasteiger partial charge is 0.406 e. The van der Waals surface area contributed by atoms with Crippen molar-refractivity contribution in [3.63, 3.8) is 0 Å². The van der Waals surface area contributed by atoms with Gasteiger partial charge in [0.05, 0.1) is 0 Å². The lowest BCUT2D eigenvalue weighted by atomic mass is 10.1. The van der Waals surface area contributed by atoms with E-state index in [0.29, 0.717) is 12.1 Å². The number of benzene rings is 1. The molecule has 4 nitrogen and oxygen atoms in total. The fourth-order valence-corrected chi connectivity index (χ4v) is 2.57. The standard InChI is InChI=1S/C14H9BrF3N3O/c15-10-6-11(21-13(7-10)19-8-20-21)5-9-1-3-12(4-2-9)22-14(16,17)18/h1-4,6-8H,5H2. The first kappa shape index (κ1) is 14.8. The molecule has 0 saturated carbocycles. The Morgan fingerprint density at radius 2 is 1.86 bits per heavy atom. The van der Waals surface area contributed by atoms with Gasteiger partial charge in [0.25, 0.3) is 0 Å². The number of hydrogen-bond donors (Lipinski definition) is 0. The van der Waals surface area contributed by atoms with Crippen molar-refractivity contribution in [1.82, 2.24) is 14.6 Å². The van der Waals surface area contributed by atoms with Crippen molar-refractivity contribution < 1.29 is 17.9 Å². The van der Waals surface area contributed by atoms with Crippen LogP contribution >= 0.6 is 15.9 Å². The quantitative estimate of drug-likeness (QED) is 0.698. The topological polar surface area (TPSA) is 39.4 Å². The Hall–Kier alpha value is -2.09. The molecule has 3 rings (SSSR count). The first-order valence-electron chi connectivity index (χ1n) is 6.23. The predicted octanol–water partition coefficient (Wildman–Crippen LogP) is 3.98. The number of halogens is 4. The number of ether oxygens (including phenoxy) is 1. The van der Waals surface area contributed by atoms with Gasteiger partial charge < -0.3 is 4.74 Å². The predicted molar refractivity (Wildman–Crippen MR) is 76.6 cm³/mol. The van der Waals surface area contributed by atoms with Crippen LogP contribution < -0.4 is 4.74 Å². The second-order valence-corrected chi connectivity index (χ2v) is 5.48. The van der Waals surface area contributed by atoms with Crippen LogP contribution in [-0.4, -0.2) is 21.0 Å². The number of nitrogens with zero attached hydrogens (tertiary/aromatic N) is 3. The average molecular weight is 372 g/mol. The minimum absolute atomic E-state index is 0.239. The maximum absolute atomic E-state index is 12.1. The van der Waals surface area contributed by atoms with Gasteiger partial charge in [0.2, 0.25) is 0 Å². The SMILES string of the molecule is FC(F)(F)Oc1ccc(Cc2cc(Br)cc3ncnn23)cc1. The van der Waals surface area contributed by atoms with Crippen molar-refractivity contribution in [2.24, 2.45) is 0 Å². The Bertz CT molecular complexity index is 799. The molecular formula is C14H9BrF3N3O. The second kappa shape index (κ2) is 5.60. The molecule has 22 heavy (non-hydrogen) atoms. The molecule has 0 aliphatic carbocycles. The van der Waals surface area contributed by atoms with E-state index in [1.54, 1.807) is 16.6 Å². The van der Waals surface area contributed by atoms with Gasteiger partial charge in [-0.15, -0.1) is 13.2 Å². The Kier molecular flexibility index (Phi) is 3.78. The van der Waals surface area contributed by atoms with Crippen LogP contribution in [0.3, 0.4) is 0 Å². The summed E-state index contributed by atoms with van der Waals surface area (Å²) in [6.45, 7) is 0. The van der Waals surface area contributed by atoms with Gasteiger partial charge in [0.15, 0.2) is 5.65 Å². The van der Waals surface area contributed by atoms with Gasteiger partial charge in [-0.25, -0.2) is 9.50 Å². The summed E-state index contributed by atoms with van der Waals surface area (Å²) in [4.78, 5) is 4.11. The van der Waals surface area contributed by atoms with Crippen LogP contribution in [-0.2, 0) is 6.42 Å². The number of pyridine rings is 1. The maximum Gasteiger partial charge on any atom is 0.573 e. The molecule has 0 unspecified atom stereocenters. The fraction of sp³-hybridized carbons (Fsp3) is 0.143. The maximum atomic E-state index is 12.1. The molecule has 0 bridgehead atoms. The Balaban J connectivity index is 1.84. The number of rotatable bonds is 3. The van der Waals surface area contributed by atoms with Gasteiger partial charge in [-0.2, -0.15) is 5.10 Å². The summed E-state index contributed by atoms with van der Waals surface area (Å²) in [7, 11) is 0. The Labute approximate surface area is 131 Å². The van der Waals surface area contributed by atoms with Crippen LogP contribution in [0.1, 0.15) is 11.3 Å². The van der Waals surface area contributed by atoms with Crippen LogP contribution in [0.4, 0.5) is 13.2 Å². The van der Waals surface area contributed by atoms with E-state index in [1.165, 1.54) is 18.5 Å². The third-order valence-electron chi connectivity index (χ3n) is 2.96. The van der Waals surface area contributed by atoms with Crippen molar-refractivity contribution in [3.05, 3.63) is 58.5 Å². The second-order valence-electron chi connectivity index (χ2n) is 4.56. The molecule has 0 aliphatic heterocycles. The molecule has 0 atom stereocenters. The van der Waals surface area contributed by atoms with E-state index in [0.717, 1.165) is 15.7 Å². The van der Waals surface area contributed by atoms with Gasteiger partial charge in [-0.1, -0.05) is 28.1 Å². The zero-order valence-corrected chi connectivity index (χ0v) is 12.6. The van der Waals surface area contributed by atoms with Crippen molar-refractivity contribution in [1.29, 1.82) is 0 Å². The van der Waals surface area contributed by atoms with E-state index in [9.17, 15) is 13.2 Å². The molecule has 0 spiro atoms. The molecule has 2 aromatic heterocycles. The largest absolute Gasteiger partial charge is 0.573 e. The summed E-state index contributed by atoms with van der Waals surface area (Å²) >= 11 is 3.40. The van der Waals surface area contributed by atoms with Gasteiger partial charge >= 0.3 is 6.36 Å². The summed E-state index contributed by atoms with van der Waals surface area (Å²) < 4.78 is 42.8. The van der Waals surface area contributed by atoms with Crippen molar-refractivity contribution in [2.75, 3.05) is 0 Å². The average Bonchev–Trinajstić information content (AvgIpc) is 2.87. The molecule has 3 aromatic rings. The van der Waals surface area contributed by atoms with Crippen LogP contribution in [0.2, 0.25) is 0 Å². The molecule has 0 radical (unpaired) electrons. The Morgan fingerprint density at radius 3 is 2.55 bits per heavy atom. The summed E-state index contributed by atoms with van der Waals surface area (Å²) in [5.74, 6) is -0.239. The van der Waals surface area contributed by atoms with E-state index in [4.69, 9.17) is 0 Å². The Morgan fingerprint density at radius 1 is 1.14 bits per heavy atom. The molecule has 0 saturated heterocycles. The molecule has 8 heteroatoms. The van der Waals surface area contributed by atoms with Gasteiger partial charge in [-0.3, -0.25) is 0 Å². The van der Waals surface area contributed by atoms with E-state index in [-0.39, 0.29) is 5.75 Å². The lowest BCUT2D eigenvalue weighted by Crippen LogP contribution is -2.17. The monoisotopic (exact) mass is 371 g/mol. The lowest BCUT2D eigenvalue weighted by molar-refractivity contribution is -0.274. The first-order chi connectivity index (χ1) is 10.4. The van der Waals surface area contributed by atoms with Gasteiger partial charge in [0.1, 0.15) is 12.1 Å². The minimum Gasteiger partial charge on any atom is -0.406 e. The first-order valence-corrected chi connectivity index (χ1v) is 7.03. The third-order valence-corrected chi connectivity index (χ3v) is 3.42. The molecule has 0 aliphatic rings. The number of fused-ring (bicyclic) bond motifs is 1. The molecule has 114 valence electrons. The highest BCUT2D eigenvalue weighted by Gasteiger charge is 2.30. The van der Waals surface area contributed by atoms with Crippen molar-refractivity contribution >= 4 is 21.6 Å². The fourth-order valence-electron chi connectivity index (χ4n) is 2.10. The molecule has 2 heterocycles. The minimum atomic E-state index is -4.68. The summed E-state index contributed by atoms with van der Waals surface area (Å²) in [5, 5.41) is 4.13. The number of alkyl halides is 3. The van der Waals surface area contributed by atoms with Crippen LogP contribution in [0, 0.1) is 0 Å². The molecule has 0 N–H and O–H groups in total. The molecule has 0 fully saturated rings.